The molecule has 0 aliphatic carbocycles. The lowest BCUT2D eigenvalue weighted by Gasteiger charge is -2.17. The SMILES string of the molecule is CN=C(CCCC(=NC)N(C)C)N(C)C. The number of amidine groups is 2. The number of rotatable bonds is 4. The van der Waals surface area contributed by atoms with Crippen LogP contribution >= 0.6 is 0 Å². The van der Waals surface area contributed by atoms with Gasteiger partial charge in [0.2, 0.25) is 0 Å². The summed E-state index contributed by atoms with van der Waals surface area (Å²) in [5.41, 5.74) is 0. The van der Waals surface area contributed by atoms with Gasteiger partial charge in [-0.15, -0.1) is 0 Å². The monoisotopic (exact) mass is 212 g/mol. The minimum atomic E-state index is 1.01. The molecule has 0 fully saturated rings. The molecule has 0 aromatic rings. The second kappa shape index (κ2) is 7.26. The van der Waals surface area contributed by atoms with Crippen LogP contribution in [0.1, 0.15) is 19.3 Å². The zero-order valence-electron chi connectivity index (χ0n) is 10.9. The Morgan fingerprint density at radius 2 is 1.13 bits per heavy atom. The molecule has 0 saturated carbocycles. The first kappa shape index (κ1) is 13.9. The summed E-state index contributed by atoms with van der Waals surface area (Å²) in [6.45, 7) is 0. The van der Waals surface area contributed by atoms with Crippen LogP contribution in [0.15, 0.2) is 9.98 Å². The highest BCUT2D eigenvalue weighted by Crippen LogP contribution is 2.03. The molecule has 15 heavy (non-hydrogen) atoms. The van der Waals surface area contributed by atoms with E-state index < -0.39 is 0 Å². The zero-order valence-corrected chi connectivity index (χ0v) is 10.9. The molecular weight excluding hydrogens is 188 g/mol. The first-order chi connectivity index (χ1) is 7.02. The van der Waals surface area contributed by atoms with E-state index in [-0.39, 0.29) is 0 Å². The molecule has 0 atom stereocenters. The molecule has 0 saturated heterocycles. The fourth-order valence-corrected chi connectivity index (χ4v) is 1.48. The molecule has 0 bridgehead atoms. The molecule has 0 N–H and O–H groups in total. The van der Waals surface area contributed by atoms with E-state index in [2.05, 4.69) is 19.8 Å². The smallest absolute Gasteiger partial charge is 0.0980 e. The standard InChI is InChI=1S/C11H24N4/c1-12-10(14(3)4)8-7-9-11(13-2)15(5)6/h7-9H2,1-6H3. The highest BCUT2D eigenvalue weighted by atomic mass is 15.1. The van der Waals surface area contributed by atoms with Crippen LogP contribution in [0.2, 0.25) is 0 Å². The normalized spacial score (nSPS) is 12.9. The van der Waals surface area contributed by atoms with Crippen LogP contribution in [0.3, 0.4) is 0 Å². The molecule has 88 valence electrons. The molecule has 0 unspecified atom stereocenters. The van der Waals surface area contributed by atoms with Crippen molar-refractivity contribution >= 4 is 11.7 Å². The van der Waals surface area contributed by atoms with E-state index in [0.717, 1.165) is 30.9 Å². The molecule has 0 aliphatic heterocycles. The van der Waals surface area contributed by atoms with Gasteiger partial charge in [-0.05, 0) is 6.42 Å². The first-order valence-electron chi connectivity index (χ1n) is 5.28. The minimum Gasteiger partial charge on any atom is -0.367 e. The van der Waals surface area contributed by atoms with Crippen molar-refractivity contribution in [3.63, 3.8) is 0 Å². The molecule has 0 heterocycles. The van der Waals surface area contributed by atoms with Crippen LogP contribution < -0.4 is 0 Å². The summed E-state index contributed by atoms with van der Waals surface area (Å²) in [6.07, 6.45) is 3.11. The van der Waals surface area contributed by atoms with Crippen molar-refractivity contribution in [2.24, 2.45) is 9.98 Å². The molecule has 0 radical (unpaired) electrons. The van der Waals surface area contributed by atoms with Gasteiger partial charge in [-0.1, -0.05) is 0 Å². The van der Waals surface area contributed by atoms with Gasteiger partial charge in [0.15, 0.2) is 0 Å². The average molecular weight is 212 g/mol. The summed E-state index contributed by atoms with van der Waals surface area (Å²) < 4.78 is 0. The lowest BCUT2D eigenvalue weighted by atomic mass is 10.2. The molecule has 4 nitrogen and oxygen atoms in total. The average Bonchev–Trinajstić information content (AvgIpc) is 2.17. The number of hydrogen-bond acceptors (Lipinski definition) is 2. The van der Waals surface area contributed by atoms with Crippen molar-refractivity contribution in [2.45, 2.75) is 19.3 Å². The van der Waals surface area contributed by atoms with E-state index in [1.54, 1.807) is 0 Å². The van der Waals surface area contributed by atoms with Crippen LogP contribution in [0.5, 0.6) is 0 Å². The molecule has 0 rings (SSSR count). The summed E-state index contributed by atoms with van der Waals surface area (Å²) in [4.78, 5) is 12.6. The molecular formula is C11H24N4. The topological polar surface area (TPSA) is 31.2 Å². The van der Waals surface area contributed by atoms with Crippen molar-refractivity contribution in [2.75, 3.05) is 42.3 Å². The minimum absolute atomic E-state index is 1.01. The second-order valence-corrected chi connectivity index (χ2v) is 3.92. The highest BCUT2D eigenvalue weighted by molar-refractivity contribution is 5.84. The summed E-state index contributed by atoms with van der Waals surface area (Å²) >= 11 is 0. The Morgan fingerprint density at radius 3 is 1.33 bits per heavy atom. The van der Waals surface area contributed by atoms with Gasteiger partial charge in [0.1, 0.15) is 0 Å². The second-order valence-electron chi connectivity index (χ2n) is 3.92. The molecule has 0 aromatic carbocycles. The van der Waals surface area contributed by atoms with Gasteiger partial charge in [-0.25, -0.2) is 0 Å². The first-order valence-corrected chi connectivity index (χ1v) is 5.28. The van der Waals surface area contributed by atoms with Gasteiger partial charge in [0.05, 0.1) is 11.7 Å². The third kappa shape index (κ3) is 5.40. The quantitative estimate of drug-likeness (QED) is 0.520. The van der Waals surface area contributed by atoms with Gasteiger partial charge in [0, 0.05) is 55.1 Å². The Kier molecular flexibility index (Phi) is 6.75. The Balaban J connectivity index is 3.98. The fraction of sp³-hybridized carbons (Fsp3) is 0.818. The van der Waals surface area contributed by atoms with E-state index in [9.17, 15) is 0 Å². The van der Waals surface area contributed by atoms with E-state index in [0.29, 0.717) is 0 Å². The molecule has 0 aromatic heterocycles. The molecule has 4 heteroatoms. The largest absolute Gasteiger partial charge is 0.367 e. The van der Waals surface area contributed by atoms with Gasteiger partial charge >= 0.3 is 0 Å². The number of hydrogen-bond donors (Lipinski definition) is 0. The van der Waals surface area contributed by atoms with Crippen molar-refractivity contribution in [3.8, 4) is 0 Å². The maximum Gasteiger partial charge on any atom is 0.0980 e. The van der Waals surface area contributed by atoms with Crippen molar-refractivity contribution in [1.29, 1.82) is 0 Å². The van der Waals surface area contributed by atoms with Crippen LogP contribution in [-0.2, 0) is 0 Å². The number of aliphatic imine (C=N–C) groups is 2. The number of nitrogens with zero attached hydrogens (tertiary/aromatic N) is 4. The molecule has 0 spiro atoms. The van der Waals surface area contributed by atoms with Gasteiger partial charge in [-0.2, -0.15) is 0 Å². The van der Waals surface area contributed by atoms with E-state index in [1.165, 1.54) is 0 Å². The maximum absolute atomic E-state index is 4.24. The van der Waals surface area contributed by atoms with Crippen molar-refractivity contribution in [1.82, 2.24) is 9.80 Å². The Labute approximate surface area is 93.7 Å². The Hall–Kier alpha value is -1.06. The van der Waals surface area contributed by atoms with Gasteiger partial charge < -0.3 is 9.80 Å². The highest BCUT2D eigenvalue weighted by Gasteiger charge is 2.04. The zero-order chi connectivity index (χ0) is 11.8. The summed E-state index contributed by atoms with van der Waals surface area (Å²) in [5.74, 6) is 2.29. The Bertz CT molecular complexity index is 205. The fourth-order valence-electron chi connectivity index (χ4n) is 1.48. The molecule has 0 amide bonds. The van der Waals surface area contributed by atoms with Crippen LogP contribution in [0.4, 0.5) is 0 Å². The predicted octanol–water partition coefficient (Wildman–Crippen LogP) is 1.34. The van der Waals surface area contributed by atoms with Gasteiger partial charge in [0.25, 0.3) is 0 Å². The third-order valence-electron chi connectivity index (χ3n) is 2.35. The van der Waals surface area contributed by atoms with Crippen LogP contribution in [0.25, 0.3) is 0 Å². The molecule has 0 aliphatic rings. The Morgan fingerprint density at radius 1 is 0.800 bits per heavy atom. The maximum atomic E-state index is 4.24. The predicted molar refractivity (Wildman–Crippen MR) is 67.9 cm³/mol. The van der Waals surface area contributed by atoms with E-state index in [4.69, 9.17) is 0 Å². The van der Waals surface area contributed by atoms with Crippen molar-refractivity contribution in [3.05, 3.63) is 0 Å². The van der Waals surface area contributed by atoms with Crippen molar-refractivity contribution < 1.29 is 0 Å². The van der Waals surface area contributed by atoms with Crippen LogP contribution in [-0.4, -0.2) is 63.8 Å². The lowest BCUT2D eigenvalue weighted by molar-refractivity contribution is 0.580. The summed E-state index contributed by atoms with van der Waals surface area (Å²) in [6, 6.07) is 0. The lowest BCUT2D eigenvalue weighted by Crippen LogP contribution is -2.24. The van der Waals surface area contributed by atoms with E-state index >= 15 is 0 Å². The summed E-state index contributed by atoms with van der Waals surface area (Å²) in [5, 5.41) is 0. The summed E-state index contributed by atoms with van der Waals surface area (Å²) in [7, 11) is 11.8. The van der Waals surface area contributed by atoms with E-state index in [1.807, 2.05) is 42.3 Å². The van der Waals surface area contributed by atoms with Gasteiger partial charge in [-0.3, -0.25) is 9.98 Å². The van der Waals surface area contributed by atoms with Crippen LogP contribution in [0, 0.1) is 0 Å². The third-order valence-corrected chi connectivity index (χ3v) is 2.35.